The summed E-state index contributed by atoms with van der Waals surface area (Å²) in [6, 6.07) is 25.2. The molecule has 202 valence electrons. The predicted molar refractivity (Wildman–Crippen MR) is 157 cm³/mol. The Morgan fingerprint density at radius 1 is 0.875 bits per heavy atom. The van der Waals surface area contributed by atoms with Gasteiger partial charge in [0.05, 0.1) is 23.2 Å². The van der Waals surface area contributed by atoms with Crippen LogP contribution in [-0.2, 0) is 4.79 Å². The Morgan fingerprint density at radius 3 is 2.30 bits per heavy atom. The van der Waals surface area contributed by atoms with E-state index in [9.17, 15) is 4.79 Å². The van der Waals surface area contributed by atoms with Crippen LogP contribution in [-0.4, -0.2) is 65.2 Å². The van der Waals surface area contributed by atoms with Crippen LogP contribution >= 0.6 is 11.6 Å². The molecule has 0 atom stereocenters. The standard InChI is InChI=1S/C31H28ClN5O3/c1-39-23-11-13-24(14-12-23)40-20-28(38)35-15-17-36(18-16-35)30-29-25(22-7-3-2-4-8-22)19-37(31(29)34-21-33-30)27-10-6-5-9-26(27)32/h2-14,19,21H,15-18,20H2,1H3. The highest BCUT2D eigenvalue weighted by Gasteiger charge is 2.26. The van der Waals surface area contributed by atoms with Gasteiger partial charge in [0.2, 0.25) is 0 Å². The lowest BCUT2D eigenvalue weighted by Gasteiger charge is -2.35. The van der Waals surface area contributed by atoms with E-state index < -0.39 is 0 Å². The van der Waals surface area contributed by atoms with E-state index in [-0.39, 0.29) is 12.5 Å². The Hall–Kier alpha value is -4.56. The molecule has 40 heavy (non-hydrogen) atoms. The van der Waals surface area contributed by atoms with Crippen molar-refractivity contribution in [2.75, 3.05) is 44.8 Å². The van der Waals surface area contributed by atoms with Gasteiger partial charge < -0.3 is 19.3 Å². The second kappa shape index (κ2) is 11.3. The molecule has 0 bridgehead atoms. The average molecular weight is 554 g/mol. The van der Waals surface area contributed by atoms with Crippen molar-refractivity contribution < 1.29 is 14.3 Å². The molecule has 1 saturated heterocycles. The lowest BCUT2D eigenvalue weighted by molar-refractivity contribution is -0.133. The summed E-state index contributed by atoms with van der Waals surface area (Å²) < 4.78 is 12.9. The zero-order valence-corrected chi connectivity index (χ0v) is 22.8. The van der Waals surface area contributed by atoms with E-state index in [1.54, 1.807) is 25.6 Å². The minimum atomic E-state index is -0.0434. The minimum Gasteiger partial charge on any atom is -0.497 e. The Balaban J connectivity index is 1.25. The molecule has 0 saturated carbocycles. The van der Waals surface area contributed by atoms with Crippen molar-refractivity contribution in [3.8, 4) is 28.3 Å². The first-order chi connectivity index (χ1) is 19.6. The van der Waals surface area contributed by atoms with Crippen LogP contribution in [0.25, 0.3) is 27.8 Å². The number of ether oxygens (including phenoxy) is 2. The molecule has 1 aliphatic heterocycles. The quantitative estimate of drug-likeness (QED) is 0.266. The number of methoxy groups -OCH3 is 1. The normalized spacial score (nSPS) is 13.4. The molecular formula is C31H28ClN5O3. The molecule has 9 heteroatoms. The number of nitrogens with zero attached hydrogens (tertiary/aromatic N) is 5. The molecule has 6 rings (SSSR count). The molecule has 8 nitrogen and oxygen atoms in total. The fourth-order valence-corrected chi connectivity index (χ4v) is 5.26. The second-order valence-corrected chi connectivity index (χ2v) is 9.87. The van der Waals surface area contributed by atoms with Crippen LogP contribution in [0.3, 0.4) is 0 Å². The molecule has 0 unspecified atom stereocenters. The van der Waals surface area contributed by atoms with Gasteiger partial charge in [0, 0.05) is 37.9 Å². The van der Waals surface area contributed by atoms with Crippen molar-refractivity contribution in [2.24, 2.45) is 0 Å². The summed E-state index contributed by atoms with van der Waals surface area (Å²) >= 11 is 6.60. The molecule has 5 aromatic rings. The lowest BCUT2D eigenvalue weighted by Crippen LogP contribution is -2.50. The van der Waals surface area contributed by atoms with Crippen molar-refractivity contribution in [1.29, 1.82) is 0 Å². The van der Waals surface area contributed by atoms with Gasteiger partial charge in [-0.1, -0.05) is 54.1 Å². The average Bonchev–Trinajstić information content (AvgIpc) is 3.40. The number of hydrogen-bond acceptors (Lipinski definition) is 6. The van der Waals surface area contributed by atoms with E-state index in [1.165, 1.54) is 0 Å². The number of aromatic nitrogens is 3. The largest absolute Gasteiger partial charge is 0.497 e. The van der Waals surface area contributed by atoms with Crippen LogP contribution in [0.15, 0.2) is 91.4 Å². The van der Waals surface area contributed by atoms with E-state index in [4.69, 9.17) is 26.1 Å². The number of anilines is 1. The van der Waals surface area contributed by atoms with Gasteiger partial charge in [0.15, 0.2) is 12.3 Å². The smallest absolute Gasteiger partial charge is 0.260 e. The van der Waals surface area contributed by atoms with E-state index >= 15 is 0 Å². The third-order valence-corrected chi connectivity index (χ3v) is 7.43. The number of amides is 1. The summed E-state index contributed by atoms with van der Waals surface area (Å²) in [7, 11) is 1.61. The third-order valence-electron chi connectivity index (χ3n) is 7.11. The van der Waals surface area contributed by atoms with E-state index in [1.807, 2.05) is 64.1 Å². The molecule has 1 amide bonds. The van der Waals surface area contributed by atoms with Gasteiger partial charge in [-0.05, 0) is 42.0 Å². The van der Waals surface area contributed by atoms with E-state index in [0.717, 1.165) is 39.4 Å². The number of carbonyl (C=O) groups is 1. The maximum atomic E-state index is 12.9. The first kappa shape index (κ1) is 25.7. The number of hydrogen-bond donors (Lipinski definition) is 0. The number of halogens is 1. The van der Waals surface area contributed by atoms with Crippen LogP contribution < -0.4 is 14.4 Å². The van der Waals surface area contributed by atoms with Crippen LogP contribution in [0.1, 0.15) is 0 Å². The van der Waals surface area contributed by atoms with Crippen molar-refractivity contribution in [3.05, 3.63) is 96.4 Å². The van der Waals surface area contributed by atoms with Gasteiger partial charge >= 0.3 is 0 Å². The predicted octanol–water partition coefficient (Wildman–Crippen LogP) is 5.48. The topological polar surface area (TPSA) is 72.7 Å². The van der Waals surface area contributed by atoms with Crippen molar-refractivity contribution in [2.45, 2.75) is 0 Å². The molecule has 0 N–H and O–H groups in total. The summed E-state index contributed by atoms with van der Waals surface area (Å²) in [5.41, 5.74) is 3.73. The van der Waals surface area contributed by atoms with Crippen molar-refractivity contribution in [3.63, 3.8) is 0 Å². The molecule has 1 fully saturated rings. The zero-order chi connectivity index (χ0) is 27.5. The SMILES string of the molecule is COc1ccc(OCC(=O)N2CCN(c3ncnc4c3c(-c3ccccc3)cn4-c3ccccc3Cl)CC2)cc1. The Bertz CT molecular complexity index is 1630. The van der Waals surface area contributed by atoms with Gasteiger partial charge in [-0.15, -0.1) is 0 Å². The molecular weight excluding hydrogens is 526 g/mol. The van der Waals surface area contributed by atoms with Crippen LogP contribution in [0.2, 0.25) is 5.02 Å². The highest BCUT2D eigenvalue weighted by atomic mass is 35.5. The monoisotopic (exact) mass is 553 g/mol. The summed E-state index contributed by atoms with van der Waals surface area (Å²) in [5, 5.41) is 1.60. The van der Waals surface area contributed by atoms with Crippen molar-refractivity contribution >= 4 is 34.4 Å². The minimum absolute atomic E-state index is 0.0110. The molecule has 1 aliphatic rings. The first-order valence-corrected chi connectivity index (χ1v) is 13.5. The number of rotatable bonds is 7. The molecule has 3 aromatic carbocycles. The molecule has 2 aromatic heterocycles. The summed E-state index contributed by atoms with van der Waals surface area (Å²) in [6.07, 6.45) is 3.68. The summed E-state index contributed by atoms with van der Waals surface area (Å²) in [5.74, 6) is 2.17. The number of fused-ring (bicyclic) bond motifs is 1. The maximum absolute atomic E-state index is 12.9. The van der Waals surface area contributed by atoms with Gasteiger partial charge in [0.1, 0.15) is 23.6 Å². The summed E-state index contributed by atoms with van der Waals surface area (Å²) in [6.45, 7) is 2.42. The van der Waals surface area contributed by atoms with Crippen LogP contribution in [0.5, 0.6) is 11.5 Å². The van der Waals surface area contributed by atoms with Gasteiger partial charge in [0.25, 0.3) is 5.91 Å². The zero-order valence-electron chi connectivity index (χ0n) is 22.0. The Morgan fingerprint density at radius 2 is 1.57 bits per heavy atom. The lowest BCUT2D eigenvalue weighted by atomic mass is 10.1. The molecule has 0 aliphatic carbocycles. The fraction of sp³-hybridized carbons (Fsp3) is 0.194. The summed E-state index contributed by atoms with van der Waals surface area (Å²) in [4.78, 5) is 26.4. The van der Waals surface area contributed by atoms with Crippen molar-refractivity contribution in [1.82, 2.24) is 19.4 Å². The number of carbonyl (C=O) groups excluding carboxylic acids is 1. The molecule has 0 spiro atoms. The van der Waals surface area contributed by atoms with Crippen LogP contribution in [0, 0.1) is 0 Å². The van der Waals surface area contributed by atoms with E-state index in [0.29, 0.717) is 37.0 Å². The molecule has 3 heterocycles. The first-order valence-electron chi connectivity index (χ1n) is 13.1. The van der Waals surface area contributed by atoms with E-state index in [2.05, 4.69) is 28.2 Å². The number of benzene rings is 3. The van der Waals surface area contributed by atoms with Gasteiger partial charge in [-0.25, -0.2) is 9.97 Å². The maximum Gasteiger partial charge on any atom is 0.260 e. The highest BCUT2D eigenvalue weighted by Crippen LogP contribution is 2.38. The fourth-order valence-electron chi connectivity index (χ4n) is 5.03. The van der Waals surface area contributed by atoms with Gasteiger partial charge in [-0.2, -0.15) is 0 Å². The number of piperazine rings is 1. The van der Waals surface area contributed by atoms with Gasteiger partial charge in [-0.3, -0.25) is 9.36 Å². The third kappa shape index (κ3) is 5.05. The van der Waals surface area contributed by atoms with Crippen LogP contribution in [0.4, 0.5) is 5.82 Å². The molecule has 0 radical (unpaired) electrons. The second-order valence-electron chi connectivity index (χ2n) is 9.46. The number of para-hydroxylation sites is 1. The highest BCUT2D eigenvalue weighted by molar-refractivity contribution is 6.32. The Labute approximate surface area is 237 Å². The Kier molecular flexibility index (Phi) is 7.25.